The third kappa shape index (κ3) is 48.5. The lowest BCUT2D eigenvalue weighted by Gasteiger charge is -2.18. The highest BCUT2D eigenvalue weighted by molar-refractivity contribution is 5.71. The van der Waals surface area contributed by atoms with E-state index in [1.807, 2.05) is 0 Å². The van der Waals surface area contributed by atoms with Gasteiger partial charge in [0.2, 0.25) is 0 Å². The van der Waals surface area contributed by atoms with Crippen molar-refractivity contribution in [2.24, 2.45) is 0 Å². The summed E-state index contributed by atoms with van der Waals surface area (Å²) in [7, 11) is 0. The molecule has 1 atom stereocenters. The molecule has 0 radical (unpaired) electrons. The van der Waals surface area contributed by atoms with E-state index in [9.17, 15) is 14.4 Å². The van der Waals surface area contributed by atoms with Gasteiger partial charge >= 0.3 is 17.9 Å². The summed E-state index contributed by atoms with van der Waals surface area (Å²) in [5.74, 6) is -0.885. The molecule has 6 heteroatoms. The van der Waals surface area contributed by atoms with E-state index in [0.29, 0.717) is 19.3 Å². The lowest BCUT2D eigenvalue weighted by molar-refractivity contribution is -0.167. The van der Waals surface area contributed by atoms with Crippen molar-refractivity contribution < 1.29 is 28.6 Å². The van der Waals surface area contributed by atoms with Crippen molar-refractivity contribution >= 4 is 17.9 Å². The first-order chi connectivity index (χ1) is 30.0. The van der Waals surface area contributed by atoms with Gasteiger partial charge in [0, 0.05) is 19.3 Å². The van der Waals surface area contributed by atoms with Crippen molar-refractivity contribution in [3.05, 3.63) is 36.5 Å². The van der Waals surface area contributed by atoms with Crippen molar-refractivity contribution in [1.29, 1.82) is 0 Å². The van der Waals surface area contributed by atoms with E-state index in [0.717, 1.165) is 83.5 Å². The van der Waals surface area contributed by atoms with Gasteiger partial charge in [-0.05, 0) is 57.8 Å². The van der Waals surface area contributed by atoms with Crippen LogP contribution in [0.25, 0.3) is 0 Å². The van der Waals surface area contributed by atoms with Crippen LogP contribution in [0.4, 0.5) is 0 Å². The second-order valence-corrected chi connectivity index (χ2v) is 17.8. The molecule has 0 amide bonds. The molecule has 0 spiro atoms. The van der Waals surface area contributed by atoms with Crippen molar-refractivity contribution in [3.63, 3.8) is 0 Å². The maximum atomic E-state index is 12.8. The van der Waals surface area contributed by atoms with Crippen molar-refractivity contribution in [1.82, 2.24) is 0 Å². The number of hydrogen-bond acceptors (Lipinski definition) is 6. The molecule has 0 heterocycles. The molecular formula is C55H100O6. The average Bonchev–Trinajstić information content (AvgIpc) is 3.26. The second-order valence-electron chi connectivity index (χ2n) is 17.8. The Labute approximate surface area is 378 Å². The van der Waals surface area contributed by atoms with Gasteiger partial charge in [0.25, 0.3) is 0 Å². The zero-order valence-electron chi connectivity index (χ0n) is 40.7. The molecule has 6 nitrogen and oxygen atoms in total. The molecule has 356 valence electrons. The highest BCUT2D eigenvalue weighted by Crippen LogP contribution is 2.16. The number of allylic oxidation sites excluding steroid dienone is 6. The van der Waals surface area contributed by atoms with Crippen LogP contribution in [0.15, 0.2) is 36.5 Å². The van der Waals surface area contributed by atoms with E-state index in [1.165, 1.54) is 154 Å². The number of carbonyl (C=O) groups excluding carboxylic acids is 3. The summed E-state index contributed by atoms with van der Waals surface area (Å²) >= 11 is 0. The molecule has 0 aliphatic rings. The summed E-state index contributed by atoms with van der Waals surface area (Å²) in [6, 6.07) is 0. The van der Waals surface area contributed by atoms with Gasteiger partial charge in [0.15, 0.2) is 6.10 Å². The maximum Gasteiger partial charge on any atom is 0.306 e. The minimum Gasteiger partial charge on any atom is -0.462 e. The summed E-state index contributed by atoms with van der Waals surface area (Å²) in [6.45, 7) is 6.61. The molecule has 61 heavy (non-hydrogen) atoms. The average molecular weight is 857 g/mol. The van der Waals surface area contributed by atoms with Crippen LogP contribution in [0.3, 0.4) is 0 Å². The van der Waals surface area contributed by atoms with Crippen molar-refractivity contribution in [2.75, 3.05) is 13.2 Å². The topological polar surface area (TPSA) is 78.9 Å². The number of carbonyl (C=O) groups is 3. The molecule has 0 aliphatic heterocycles. The van der Waals surface area contributed by atoms with E-state index in [-0.39, 0.29) is 31.1 Å². The first-order valence-corrected chi connectivity index (χ1v) is 26.5. The van der Waals surface area contributed by atoms with Gasteiger partial charge in [-0.3, -0.25) is 14.4 Å². The molecule has 0 fully saturated rings. The minimum atomic E-state index is -0.775. The van der Waals surface area contributed by atoms with E-state index in [4.69, 9.17) is 14.2 Å². The lowest BCUT2D eigenvalue weighted by Crippen LogP contribution is -2.30. The van der Waals surface area contributed by atoms with Crippen molar-refractivity contribution in [2.45, 2.75) is 284 Å². The quantitative estimate of drug-likeness (QED) is 0.0262. The maximum absolute atomic E-state index is 12.8. The molecule has 0 N–H and O–H groups in total. The standard InChI is InChI=1S/C55H100O6/c1-4-7-10-13-16-19-22-25-26-27-28-31-33-36-39-42-45-48-54(57)60-51-52(61-55(58)49-46-43-40-37-34-30-24-21-18-15-12-9-6-3)50-59-53(56)47-44-41-38-35-32-29-23-20-17-14-11-8-5-2/h16,19,25-26,28,31,52H,4-15,17-18,20-24,27,29-30,32-51H2,1-3H3/b19-16-,26-25-,31-28-/t52-/m0/s1. The third-order valence-corrected chi connectivity index (χ3v) is 11.6. The fourth-order valence-corrected chi connectivity index (χ4v) is 7.63. The molecule has 0 aromatic rings. The normalized spacial score (nSPS) is 12.2. The van der Waals surface area contributed by atoms with E-state index < -0.39 is 6.10 Å². The molecule has 0 aliphatic carbocycles. The molecule has 0 aromatic heterocycles. The van der Waals surface area contributed by atoms with E-state index >= 15 is 0 Å². The monoisotopic (exact) mass is 857 g/mol. The highest BCUT2D eigenvalue weighted by Gasteiger charge is 2.19. The van der Waals surface area contributed by atoms with Gasteiger partial charge in [0.1, 0.15) is 13.2 Å². The Morgan fingerprint density at radius 2 is 0.590 bits per heavy atom. The Kier molecular flexibility index (Phi) is 48.3. The van der Waals surface area contributed by atoms with Crippen LogP contribution >= 0.6 is 0 Å². The van der Waals surface area contributed by atoms with Gasteiger partial charge in [-0.15, -0.1) is 0 Å². The van der Waals surface area contributed by atoms with Crippen LogP contribution in [0, 0.1) is 0 Å². The van der Waals surface area contributed by atoms with E-state index in [2.05, 4.69) is 57.2 Å². The number of rotatable bonds is 48. The highest BCUT2D eigenvalue weighted by atomic mass is 16.6. The number of ether oxygens (including phenoxy) is 3. The molecule has 0 unspecified atom stereocenters. The Morgan fingerprint density at radius 3 is 0.951 bits per heavy atom. The van der Waals surface area contributed by atoms with Crippen LogP contribution in [0.1, 0.15) is 278 Å². The molecule has 0 aromatic carbocycles. The number of esters is 3. The van der Waals surface area contributed by atoms with Crippen LogP contribution in [-0.2, 0) is 28.6 Å². The van der Waals surface area contributed by atoms with Gasteiger partial charge in [0.05, 0.1) is 0 Å². The predicted molar refractivity (Wildman–Crippen MR) is 261 cm³/mol. The molecule has 0 rings (SSSR count). The number of hydrogen-bond donors (Lipinski definition) is 0. The molecule has 0 saturated carbocycles. The summed E-state index contributed by atoms with van der Waals surface area (Å²) in [4.78, 5) is 38.0. The Bertz CT molecular complexity index is 1030. The zero-order valence-corrected chi connectivity index (χ0v) is 40.7. The molecule has 0 bridgehead atoms. The van der Waals surface area contributed by atoms with Gasteiger partial charge in [-0.25, -0.2) is 0 Å². The zero-order chi connectivity index (χ0) is 44.4. The summed E-state index contributed by atoms with van der Waals surface area (Å²) in [6.07, 6.45) is 58.3. The Balaban J connectivity index is 4.38. The van der Waals surface area contributed by atoms with Crippen LogP contribution in [-0.4, -0.2) is 37.2 Å². The van der Waals surface area contributed by atoms with Crippen LogP contribution in [0.2, 0.25) is 0 Å². The van der Waals surface area contributed by atoms with Crippen molar-refractivity contribution in [3.8, 4) is 0 Å². The van der Waals surface area contributed by atoms with Crippen LogP contribution in [0.5, 0.6) is 0 Å². The summed E-state index contributed by atoms with van der Waals surface area (Å²) < 4.78 is 16.8. The Hall–Kier alpha value is -2.37. The summed E-state index contributed by atoms with van der Waals surface area (Å²) in [5.41, 5.74) is 0. The predicted octanol–water partition coefficient (Wildman–Crippen LogP) is 17.3. The van der Waals surface area contributed by atoms with Crippen LogP contribution < -0.4 is 0 Å². The molecule has 0 saturated heterocycles. The third-order valence-electron chi connectivity index (χ3n) is 11.6. The largest absolute Gasteiger partial charge is 0.462 e. The van der Waals surface area contributed by atoms with E-state index in [1.54, 1.807) is 0 Å². The smallest absolute Gasteiger partial charge is 0.306 e. The van der Waals surface area contributed by atoms with Gasteiger partial charge in [-0.2, -0.15) is 0 Å². The minimum absolute atomic E-state index is 0.0750. The van der Waals surface area contributed by atoms with Gasteiger partial charge in [-0.1, -0.05) is 237 Å². The lowest BCUT2D eigenvalue weighted by atomic mass is 10.0. The fourth-order valence-electron chi connectivity index (χ4n) is 7.63. The Morgan fingerprint density at radius 1 is 0.328 bits per heavy atom. The fraction of sp³-hybridized carbons (Fsp3) is 0.836. The number of unbranched alkanes of at least 4 members (excludes halogenated alkanes) is 31. The first kappa shape index (κ1) is 58.6. The van der Waals surface area contributed by atoms with Gasteiger partial charge < -0.3 is 14.2 Å². The summed E-state index contributed by atoms with van der Waals surface area (Å²) in [5, 5.41) is 0. The first-order valence-electron chi connectivity index (χ1n) is 26.5. The SMILES string of the molecule is CCCCC/C=C\C/C=C\C/C=C\CCCCCCC(=O)OC[C@H](COC(=O)CCCCCCCCCCCCCCC)OC(=O)CCCCCCCCCCCCCCC. The molecular weight excluding hydrogens is 757 g/mol. The second kappa shape index (κ2) is 50.3.